The molecule has 1 aliphatic rings. The zero-order chi connectivity index (χ0) is 13.0. The van der Waals surface area contributed by atoms with E-state index in [4.69, 9.17) is 4.74 Å². The SMILES string of the molecule is CC1=C(C(=O)OCc2ccccc2)CNC(=O)N1. The molecule has 2 N–H and O–H groups in total. The number of hydrogen-bond donors (Lipinski definition) is 2. The second-order valence-electron chi connectivity index (χ2n) is 3.97. The molecule has 0 aromatic heterocycles. The van der Waals surface area contributed by atoms with Crippen LogP contribution in [0, 0.1) is 0 Å². The lowest BCUT2D eigenvalue weighted by molar-refractivity contribution is -0.140. The fourth-order valence-electron chi connectivity index (χ4n) is 1.63. The predicted octanol–water partition coefficient (Wildman–Crippen LogP) is 1.32. The van der Waals surface area contributed by atoms with E-state index < -0.39 is 5.97 Å². The molecule has 5 nitrogen and oxygen atoms in total. The Morgan fingerprint density at radius 2 is 2.06 bits per heavy atom. The summed E-state index contributed by atoms with van der Waals surface area (Å²) in [6.45, 7) is 2.10. The van der Waals surface area contributed by atoms with E-state index in [0.29, 0.717) is 11.3 Å². The monoisotopic (exact) mass is 246 g/mol. The van der Waals surface area contributed by atoms with E-state index in [1.54, 1.807) is 6.92 Å². The topological polar surface area (TPSA) is 67.4 Å². The van der Waals surface area contributed by atoms with Crippen molar-refractivity contribution in [3.63, 3.8) is 0 Å². The summed E-state index contributed by atoms with van der Waals surface area (Å²) < 4.78 is 5.19. The number of hydrogen-bond acceptors (Lipinski definition) is 3. The Hall–Kier alpha value is -2.30. The van der Waals surface area contributed by atoms with Crippen LogP contribution in [0.4, 0.5) is 4.79 Å². The van der Waals surface area contributed by atoms with Crippen molar-refractivity contribution in [1.29, 1.82) is 0 Å². The highest BCUT2D eigenvalue weighted by Crippen LogP contribution is 2.09. The maximum absolute atomic E-state index is 11.8. The summed E-state index contributed by atoms with van der Waals surface area (Å²) in [4.78, 5) is 22.8. The van der Waals surface area contributed by atoms with E-state index in [9.17, 15) is 9.59 Å². The number of urea groups is 1. The summed E-state index contributed by atoms with van der Waals surface area (Å²) in [6, 6.07) is 9.14. The van der Waals surface area contributed by atoms with Crippen molar-refractivity contribution >= 4 is 12.0 Å². The Labute approximate surface area is 105 Å². The first-order chi connectivity index (χ1) is 8.66. The standard InChI is InChI=1S/C13H14N2O3/c1-9-11(7-14-13(17)15-9)12(16)18-8-10-5-3-2-4-6-10/h2-6H,7-8H2,1H3,(H2,14,15,17). The Morgan fingerprint density at radius 3 is 2.72 bits per heavy atom. The van der Waals surface area contributed by atoms with Crippen LogP contribution < -0.4 is 10.6 Å². The number of carbonyl (C=O) groups excluding carboxylic acids is 2. The fourth-order valence-corrected chi connectivity index (χ4v) is 1.63. The van der Waals surface area contributed by atoms with Crippen molar-refractivity contribution in [2.75, 3.05) is 6.54 Å². The lowest BCUT2D eigenvalue weighted by Gasteiger charge is -2.18. The van der Waals surface area contributed by atoms with Gasteiger partial charge in [0.05, 0.1) is 12.1 Å². The minimum atomic E-state index is -0.413. The van der Waals surface area contributed by atoms with Crippen LogP contribution >= 0.6 is 0 Å². The highest BCUT2D eigenvalue weighted by molar-refractivity contribution is 5.93. The molecule has 0 saturated heterocycles. The average molecular weight is 246 g/mol. The van der Waals surface area contributed by atoms with Crippen LogP contribution in [0.15, 0.2) is 41.6 Å². The molecule has 1 heterocycles. The first-order valence-electron chi connectivity index (χ1n) is 5.62. The number of carbonyl (C=O) groups is 2. The lowest BCUT2D eigenvalue weighted by atomic mass is 10.2. The normalized spacial score (nSPS) is 14.8. The molecule has 0 aliphatic carbocycles. The molecule has 1 aliphatic heterocycles. The van der Waals surface area contributed by atoms with E-state index >= 15 is 0 Å². The zero-order valence-corrected chi connectivity index (χ0v) is 10.0. The molecular weight excluding hydrogens is 232 g/mol. The van der Waals surface area contributed by atoms with Crippen molar-refractivity contribution in [2.45, 2.75) is 13.5 Å². The molecule has 5 heteroatoms. The highest BCUT2D eigenvalue weighted by Gasteiger charge is 2.20. The summed E-state index contributed by atoms with van der Waals surface area (Å²) >= 11 is 0. The Kier molecular flexibility index (Phi) is 3.62. The smallest absolute Gasteiger partial charge is 0.337 e. The van der Waals surface area contributed by atoms with Crippen LogP contribution in [0.25, 0.3) is 0 Å². The van der Waals surface area contributed by atoms with Gasteiger partial charge < -0.3 is 15.4 Å². The van der Waals surface area contributed by atoms with Gasteiger partial charge in [0, 0.05) is 5.70 Å². The largest absolute Gasteiger partial charge is 0.457 e. The van der Waals surface area contributed by atoms with Gasteiger partial charge in [0.15, 0.2) is 0 Å². The van der Waals surface area contributed by atoms with E-state index in [2.05, 4.69) is 10.6 Å². The maximum atomic E-state index is 11.8. The van der Waals surface area contributed by atoms with Crippen molar-refractivity contribution in [2.24, 2.45) is 0 Å². The van der Waals surface area contributed by atoms with Gasteiger partial charge in [-0.05, 0) is 12.5 Å². The number of amides is 2. The summed E-state index contributed by atoms with van der Waals surface area (Å²) in [5, 5.41) is 5.07. The third-order valence-electron chi connectivity index (χ3n) is 2.64. The van der Waals surface area contributed by atoms with Crippen LogP contribution in [0.3, 0.4) is 0 Å². The highest BCUT2D eigenvalue weighted by atomic mass is 16.5. The molecule has 1 aromatic rings. The number of benzene rings is 1. The van der Waals surface area contributed by atoms with E-state index in [-0.39, 0.29) is 19.2 Å². The first-order valence-corrected chi connectivity index (χ1v) is 5.62. The zero-order valence-electron chi connectivity index (χ0n) is 10.0. The molecule has 2 amide bonds. The fraction of sp³-hybridized carbons (Fsp3) is 0.231. The third-order valence-corrected chi connectivity index (χ3v) is 2.64. The van der Waals surface area contributed by atoms with Gasteiger partial charge in [-0.2, -0.15) is 0 Å². The Balaban J connectivity index is 1.96. The van der Waals surface area contributed by atoms with Crippen LogP contribution in [0.2, 0.25) is 0 Å². The first kappa shape index (κ1) is 12.2. The number of rotatable bonds is 3. The second kappa shape index (κ2) is 5.35. The molecule has 0 atom stereocenters. The molecule has 1 aromatic carbocycles. The molecule has 0 fully saturated rings. The van der Waals surface area contributed by atoms with Gasteiger partial charge in [-0.15, -0.1) is 0 Å². The van der Waals surface area contributed by atoms with Gasteiger partial charge in [0.2, 0.25) is 0 Å². The summed E-state index contributed by atoms with van der Waals surface area (Å²) in [6.07, 6.45) is 0. The minimum absolute atomic E-state index is 0.200. The van der Waals surface area contributed by atoms with Gasteiger partial charge >= 0.3 is 12.0 Å². The molecule has 2 rings (SSSR count). The molecule has 0 bridgehead atoms. The number of allylic oxidation sites excluding steroid dienone is 1. The molecule has 0 unspecified atom stereocenters. The second-order valence-corrected chi connectivity index (χ2v) is 3.97. The number of esters is 1. The molecule has 0 radical (unpaired) electrons. The molecular formula is C13H14N2O3. The van der Waals surface area contributed by atoms with Crippen molar-refractivity contribution in [3.05, 3.63) is 47.2 Å². The van der Waals surface area contributed by atoms with Gasteiger partial charge in [0.1, 0.15) is 6.61 Å². The van der Waals surface area contributed by atoms with Gasteiger partial charge in [-0.3, -0.25) is 0 Å². The van der Waals surface area contributed by atoms with Crippen molar-refractivity contribution in [1.82, 2.24) is 10.6 Å². The lowest BCUT2D eigenvalue weighted by Crippen LogP contribution is -2.43. The van der Waals surface area contributed by atoms with Crippen LogP contribution in [0.1, 0.15) is 12.5 Å². The minimum Gasteiger partial charge on any atom is -0.457 e. The van der Waals surface area contributed by atoms with Crippen LogP contribution in [-0.2, 0) is 16.1 Å². The summed E-state index contributed by atoms with van der Waals surface area (Å²) in [7, 11) is 0. The van der Waals surface area contributed by atoms with Gasteiger partial charge in [-0.25, -0.2) is 9.59 Å². The maximum Gasteiger partial charge on any atom is 0.337 e. The Morgan fingerprint density at radius 1 is 1.33 bits per heavy atom. The molecule has 94 valence electrons. The van der Waals surface area contributed by atoms with Crippen molar-refractivity contribution < 1.29 is 14.3 Å². The third kappa shape index (κ3) is 2.88. The van der Waals surface area contributed by atoms with Crippen molar-refractivity contribution in [3.8, 4) is 0 Å². The number of nitrogens with one attached hydrogen (secondary N) is 2. The summed E-state index contributed by atoms with van der Waals surface area (Å²) in [5.74, 6) is -0.413. The Bertz CT molecular complexity index is 494. The molecule has 0 spiro atoms. The van der Waals surface area contributed by atoms with E-state index in [1.165, 1.54) is 0 Å². The predicted molar refractivity (Wildman–Crippen MR) is 65.5 cm³/mol. The number of ether oxygens (including phenoxy) is 1. The molecule has 18 heavy (non-hydrogen) atoms. The molecule has 0 saturated carbocycles. The summed E-state index contributed by atoms with van der Waals surface area (Å²) in [5.41, 5.74) is 1.92. The average Bonchev–Trinajstić information content (AvgIpc) is 2.37. The quantitative estimate of drug-likeness (QED) is 0.790. The van der Waals surface area contributed by atoms with Gasteiger partial charge in [0.25, 0.3) is 0 Å². The van der Waals surface area contributed by atoms with Crippen LogP contribution in [-0.4, -0.2) is 18.5 Å². The van der Waals surface area contributed by atoms with E-state index in [1.807, 2.05) is 30.3 Å². The van der Waals surface area contributed by atoms with E-state index in [0.717, 1.165) is 5.56 Å². The van der Waals surface area contributed by atoms with Gasteiger partial charge in [-0.1, -0.05) is 30.3 Å². The van der Waals surface area contributed by atoms with Crippen LogP contribution in [0.5, 0.6) is 0 Å².